The van der Waals surface area contributed by atoms with Crippen molar-refractivity contribution in [3.63, 3.8) is 0 Å². The van der Waals surface area contributed by atoms with Crippen LogP contribution in [0.1, 0.15) is 58.3 Å². The molecule has 2 rings (SSSR count). The smallest absolute Gasteiger partial charge is 0.320 e. The monoisotopic (exact) mass is 267 g/mol. The van der Waals surface area contributed by atoms with Crippen LogP contribution in [0.15, 0.2) is 0 Å². The van der Waals surface area contributed by atoms with Crippen LogP contribution in [0.25, 0.3) is 0 Å². The zero-order valence-corrected chi connectivity index (χ0v) is 12.4. The van der Waals surface area contributed by atoms with Crippen molar-refractivity contribution in [2.75, 3.05) is 26.2 Å². The fourth-order valence-corrected chi connectivity index (χ4v) is 3.72. The molecule has 1 aliphatic heterocycles. The number of hydrogen-bond acceptors (Lipinski definition) is 2. The molecule has 1 saturated heterocycles. The first-order valence-electron chi connectivity index (χ1n) is 8.00. The quantitative estimate of drug-likeness (QED) is 0.854. The second-order valence-corrected chi connectivity index (χ2v) is 6.06. The predicted molar refractivity (Wildman–Crippen MR) is 78.1 cm³/mol. The Labute approximate surface area is 117 Å². The minimum absolute atomic E-state index is 0.0679. The van der Waals surface area contributed by atoms with E-state index >= 15 is 0 Å². The van der Waals surface area contributed by atoms with Crippen molar-refractivity contribution in [3.8, 4) is 0 Å². The molecular formula is C15H29N3O. The van der Waals surface area contributed by atoms with Crippen LogP contribution < -0.4 is 5.73 Å². The van der Waals surface area contributed by atoms with Gasteiger partial charge in [0.05, 0.1) is 5.54 Å². The third-order valence-electron chi connectivity index (χ3n) is 4.91. The minimum atomic E-state index is -0.0679. The molecule has 0 aromatic carbocycles. The predicted octanol–water partition coefficient (Wildman–Crippen LogP) is 2.58. The number of urea groups is 1. The standard InChI is InChI=1S/C15H29N3O/c1-2-18(14(19)17-11-7-4-8-12-17)15(13-16)9-5-3-6-10-15/h2-13,16H2,1H3. The van der Waals surface area contributed by atoms with Gasteiger partial charge < -0.3 is 15.5 Å². The van der Waals surface area contributed by atoms with Crippen LogP contribution in [-0.4, -0.2) is 47.5 Å². The highest BCUT2D eigenvalue weighted by atomic mass is 16.2. The Hall–Kier alpha value is -0.770. The third kappa shape index (κ3) is 3.04. The van der Waals surface area contributed by atoms with Crippen molar-refractivity contribution >= 4 is 6.03 Å². The first kappa shape index (κ1) is 14.6. The van der Waals surface area contributed by atoms with Gasteiger partial charge in [-0.15, -0.1) is 0 Å². The van der Waals surface area contributed by atoms with Gasteiger partial charge in [0.15, 0.2) is 0 Å². The number of likely N-dealkylation sites (N-methyl/N-ethyl adjacent to an activating group) is 1. The fourth-order valence-electron chi connectivity index (χ4n) is 3.72. The molecule has 0 radical (unpaired) electrons. The lowest BCUT2D eigenvalue weighted by atomic mass is 9.80. The van der Waals surface area contributed by atoms with Gasteiger partial charge in [-0.25, -0.2) is 4.79 Å². The molecule has 0 aromatic heterocycles. The molecule has 1 heterocycles. The Morgan fingerprint density at radius 2 is 1.68 bits per heavy atom. The number of nitrogens with two attached hydrogens (primary N) is 1. The van der Waals surface area contributed by atoms with E-state index in [4.69, 9.17) is 5.73 Å². The molecular weight excluding hydrogens is 238 g/mol. The molecule has 2 aliphatic rings. The van der Waals surface area contributed by atoms with Crippen LogP contribution in [0.5, 0.6) is 0 Å². The summed E-state index contributed by atoms with van der Waals surface area (Å²) in [6.07, 6.45) is 9.43. The van der Waals surface area contributed by atoms with Crippen LogP contribution in [0.3, 0.4) is 0 Å². The summed E-state index contributed by atoms with van der Waals surface area (Å²) in [7, 11) is 0. The van der Waals surface area contributed by atoms with Gasteiger partial charge in [0.1, 0.15) is 0 Å². The van der Waals surface area contributed by atoms with E-state index in [2.05, 4.69) is 11.8 Å². The molecule has 0 bridgehead atoms. The van der Waals surface area contributed by atoms with Crippen LogP contribution in [0.4, 0.5) is 4.79 Å². The Kier molecular flexibility index (Phi) is 5.08. The van der Waals surface area contributed by atoms with Crippen LogP contribution >= 0.6 is 0 Å². The number of hydrogen-bond donors (Lipinski definition) is 1. The van der Waals surface area contributed by atoms with Gasteiger partial charge in [-0.2, -0.15) is 0 Å². The van der Waals surface area contributed by atoms with Crippen LogP contribution in [0, 0.1) is 0 Å². The maximum absolute atomic E-state index is 12.8. The maximum atomic E-state index is 12.8. The van der Waals surface area contributed by atoms with Gasteiger partial charge in [0.2, 0.25) is 0 Å². The first-order valence-corrected chi connectivity index (χ1v) is 8.00. The minimum Gasteiger partial charge on any atom is -0.328 e. The summed E-state index contributed by atoms with van der Waals surface area (Å²) in [6.45, 7) is 5.34. The van der Waals surface area contributed by atoms with E-state index in [1.54, 1.807) is 0 Å². The molecule has 0 atom stereocenters. The number of carbonyl (C=O) groups is 1. The fraction of sp³-hybridized carbons (Fsp3) is 0.933. The lowest BCUT2D eigenvalue weighted by molar-refractivity contribution is 0.0619. The Balaban J connectivity index is 2.09. The summed E-state index contributed by atoms with van der Waals surface area (Å²) >= 11 is 0. The van der Waals surface area contributed by atoms with Crippen molar-refractivity contribution in [3.05, 3.63) is 0 Å². The van der Waals surface area contributed by atoms with Crippen LogP contribution in [-0.2, 0) is 0 Å². The first-order chi connectivity index (χ1) is 9.23. The molecule has 4 heteroatoms. The molecule has 4 nitrogen and oxygen atoms in total. The van der Waals surface area contributed by atoms with E-state index < -0.39 is 0 Å². The summed E-state index contributed by atoms with van der Waals surface area (Å²) in [6, 6.07) is 0.231. The number of likely N-dealkylation sites (tertiary alicyclic amines) is 1. The highest BCUT2D eigenvalue weighted by Gasteiger charge is 2.40. The van der Waals surface area contributed by atoms with E-state index in [-0.39, 0.29) is 11.6 Å². The highest BCUT2D eigenvalue weighted by molar-refractivity contribution is 5.75. The molecule has 1 aliphatic carbocycles. The van der Waals surface area contributed by atoms with Crippen molar-refractivity contribution in [1.29, 1.82) is 0 Å². The van der Waals surface area contributed by atoms with Crippen molar-refractivity contribution in [2.45, 2.75) is 63.8 Å². The summed E-state index contributed by atoms with van der Waals surface area (Å²) in [5.41, 5.74) is 6.00. The average molecular weight is 267 g/mol. The van der Waals surface area contributed by atoms with Gasteiger partial charge in [-0.3, -0.25) is 0 Å². The van der Waals surface area contributed by atoms with Gasteiger partial charge in [0.25, 0.3) is 0 Å². The SMILES string of the molecule is CCN(C(=O)N1CCCCC1)C1(CN)CCCCC1. The number of nitrogens with zero attached hydrogens (tertiary/aromatic N) is 2. The molecule has 0 aromatic rings. The van der Waals surface area contributed by atoms with E-state index in [0.29, 0.717) is 6.54 Å². The van der Waals surface area contributed by atoms with Gasteiger partial charge in [-0.05, 0) is 39.0 Å². The van der Waals surface area contributed by atoms with Gasteiger partial charge >= 0.3 is 6.03 Å². The molecule has 110 valence electrons. The normalized spacial score (nSPS) is 23.2. The number of carbonyl (C=O) groups excluding carboxylic acids is 1. The Morgan fingerprint density at radius 1 is 1.11 bits per heavy atom. The van der Waals surface area contributed by atoms with Crippen LogP contribution in [0.2, 0.25) is 0 Å². The molecule has 19 heavy (non-hydrogen) atoms. The average Bonchev–Trinajstić information content (AvgIpc) is 2.49. The summed E-state index contributed by atoms with van der Waals surface area (Å²) < 4.78 is 0. The van der Waals surface area contributed by atoms with E-state index in [1.807, 2.05) is 4.90 Å². The third-order valence-corrected chi connectivity index (χ3v) is 4.91. The second kappa shape index (κ2) is 6.60. The highest BCUT2D eigenvalue weighted by Crippen LogP contribution is 2.33. The summed E-state index contributed by atoms with van der Waals surface area (Å²) in [5.74, 6) is 0. The molecule has 0 spiro atoms. The molecule has 2 fully saturated rings. The van der Waals surface area contributed by atoms with Gasteiger partial charge in [-0.1, -0.05) is 19.3 Å². The van der Waals surface area contributed by atoms with Gasteiger partial charge in [0, 0.05) is 26.2 Å². The Bertz CT molecular complexity index is 294. The molecule has 2 N–H and O–H groups in total. The summed E-state index contributed by atoms with van der Waals surface area (Å²) in [5, 5.41) is 0. The zero-order chi connectivity index (χ0) is 13.7. The topological polar surface area (TPSA) is 49.6 Å². The molecule has 0 unspecified atom stereocenters. The largest absolute Gasteiger partial charge is 0.328 e. The maximum Gasteiger partial charge on any atom is 0.320 e. The summed E-state index contributed by atoms with van der Waals surface area (Å²) in [4.78, 5) is 16.9. The van der Waals surface area contributed by atoms with E-state index in [1.165, 1.54) is 25.7 Å². The van der Waals surface area contributed by atoms with E-state index in [0.717, 1.165) is 45.3 Å². The van der Waals surface area contributed by atoms with Crippen molar-refractivity contribution in [2.24, 2.45) is 5.73 Å². The van der Waals surface area contributed by atoms with E-state index in [9.17, 15) is 4.79 Å². The van der Waals surface area contributed by atoms with Crippen molar-refractivity contribution < 1.29 is 4.79 Å². The zero-order valence-electron chi connectivity index (χ0n) is 12.4. The molecule has 1 saturated carbocycles. The number of piperidine rings is 1. The lowest BCUT2D eigenvalue weighted by Gasteiger charge is -2.47. The molecule has 2 amide bonds. The number of amides is 2. The number of rotatable bonds is 3. The second-order valence-electron chi connectivity index (χ2n) is 6.06. The Morgan fingerprint density at radius 3 is 2.21 bits per heavy atom. The van der Waals surface area contributed by atoms with Crippen molar-refractivity contribution in [1.82, 2.24) is 9.80 Å². The lowest BCUT2D eigenvalue weighted by Crippen LogP contribution is -2.60.